The highest BCUT2D eigenvalue weighted by molar-refractivity contribution is 5.86. The topological polar surface area (TPSA) is 111 Å². The number of hydrogen-bond acceptors (Lipinski definition) is 5. The second kappa shape index (κ2) is 8.03. The van der Waals surface area contributed by atoms with E-state index in [4.69, 9.17) is 9.84 Å². The van der Waals surface area contributed by atoms with Gasteiger partial charge in [-0.05, 0) is 26.3 Å². The summed E-state index contributed by atoms with van der Waals surface area (Å²) in [5.41, 5.74) is 0. The number of carboxylic acids is 1. The molecule has 116 valence electrons. The number of ether oxygens (including phenoxy) is 1. The largest absolute Gasteiger partial charge is 0.480 e. The van der Waals surface area contributed by atoms with Crippen LogP contribution in [-0.2, 0) is 19.1 Å². The van der Waals surface area contributed by atoms with Crippen LogP contribution in [0.5, 0.6) is 0 Å². The fraction of sp³-hybridized carbons (Fsp3) is 0.538. The predicted octanol–water partition coefficient (Wildman–Crippen LogP) is 0.357. The van der Waals surface area contributed by atoms with Gasteiger partial charge in [0.15, 0.2) is 0 Å². The van der Waals surface area contributed by atoms with Crippen LogP contribution in [0, 0.1) is 0 Å². The highest BCUT2D eigenvalue weighted by Crippen LogP contribution is 2.06. The van der Waals surface area contributed by atoms with Crippen LogP contribution in [0.2, 0.25) is 0 Å². The number of rotatable bonds is 8. The van der Waals surface area contributed by atoms with E-state index in [0.29, 0.717) is 0 Å². The van der Waals surface area contributed by atoms with E-state index in [0.717, 1.165) is 0 Å². The monoisotopic (exact) mass is 297 g/mol. The average Bonchev–Trinajstić information content (AvgIpc) is 2.96. The average molecular weight is 297 g/mol. The quantitative estimate of drug-likeness (QED) is 0.670. The van der Waals surface area contributed by atoms with Crippen molar-refractivity contribution in [1.82, 2.24) is 15.1 Å². The van der Waals surface area contributed by atoms with E-state index in [2.05, 4.69) is 10.4 Å². The standard InChI is InChI=1S/C13H19N3O5/c1-3-21-11(17)6-5-10(13(19)20)15-12(18)9(2)16-8-4-7-14-16/h4,7-10H,3,5-6H2,1-2H3,(H,15,18)(H,19,20)/t9?,10-/m0/s1. The van der Waals surface area contributed by atoms with Crippen molar-refractivity contribution in [2.24, 2.45) is 0 Å². The van der Waals surface area contributed by atoms with Crippen molar-refractivity contribution in [2.75, 3.05) is 6.61 Å². The van der Waals surface area contributed by atoms with Gasteiger partial charge in [0.1, 0.15) is 12.1 Å². The smallest absolute Gasteiger partial charge is 0.326 e. The van der Waals surface area contributed by atoms with Crippen molar-refractivity contribution in [1.29, 1.82) is 0 Å². The molecule has 1 rings (SSSR count). The lowest BCUT2D eigenvalue weighted by Gasteiger charge is -2.17. The second-order valence-corrected chi connectivity index (χ2v) is 4.41. The van der Waals surface area contributed by atoms with Gasteiger partial charge >= 0.3 is 11.9 Å². The minimum Gasteiger partial charge on any atom is -0.480 e. The molecule has 0 aliphatic carbocycles. The Morgan fingerprint density at radius 2 is 2.14 bits per heavy atom. The van der Waals surface area contributed by atoms with Crippen molar-refractivity contribution in [3.63, 3.8) is 0 Å². The third-order valence-electron chi connectivity index (χ3n) is 2.86. The minimum absolute atomic E-state index is 0.0221. The summed E-state index contributed by atoms with van der Waals surface area (Å²) in [6, 6.07) is -0.108. The highest BCUT2D eigenvalue weighted by atomic mass is 16.5. The summed E-state index contributed by atoms with van der Waals surface area (Å²) >= 11 is 0. The third kappa shape index (κ3) is 5.25. The molecule has 1 unspecified atom stereocenters. The zero-order chi connectivity index (χ0) is 15.8. The Bertz CT molecular complexity index is 486. The van der Waals surface area contributed by atoms with E-state index >= 15 is 0 Å². The summed E-state index contributed by atoms with van der Waals surface area (Å²) in [5.74, 6) is -2.16. The van der Waals surface area contributed by atoms with E-state index in [-0.39, 0.29) is 19.4 Å². The molecule has 1 aromatic rings. The fourth-order valence-corrected chi connectivity index (χ4v) is 1.67. The van der Waals surface area contributed by atoms with Gasteiger partial charge in [-0.15, -0.1) is 0 Å². The summed E-state index contributed by atoms with van der Waals surface area (Å²) in [6.07, 6.45) is 3.05. The van der Waals surface area contributed by atoms with Crippen LogP contribution >= 0.6 is 0 Å². The van der Waals surface area contributed by atoms with Crippen molar-refractivity contribution in [3.8, 4) is 0 Å². The number of nitrogens with one attached hydrogen (secondary N) is 1. The van der Waals surface area contributed by atoms with E-state index < -0.39 is 29.9 Å². The molecule has 2 atom stereocenters. The molecule has 0 spiro atoms. The van der Waals surface area contributed by atoms with E-state index in [1.165, 1.54) is 10.9 Å². The van der Waals surface area contributed by atoms with E-state index in [9.17, 15) is 14.4 Å². The molecule has 0 aliphatic heterocycles. The lowest BCUT2D eigenvalue weighted by atomic mass is 10.1. The number of carboxylic acid groups (broad SMARTS) is 1. The molecule has 1 heterocycles. The normalized spacial score (nSPS) is 13.2. The van der Waals surface area contributed by atoms with E-state index in [1.54, 1.807) is 26.1 Å². The summed E-state index contributed by atoms with van der Waals surface area (Å²) in [7, 11) is 0. The van der Waals surface area contributed by atoms with Crippen LogP contribution in [0.1, 0.15) is 32.7 Å². The molecule has 0 fully saturated rings. The van der Waals surface area contributed by atoms with Crippen LogP contribution in [0.15, 0.2) is 18.5 Å². The summed E-state index contributed by atoms with van der Waals surface area (Å²) in [5, 5.41) is 15.4. The van der Waals surface area contributed by atoms with Crippen LogP contribution in [0.4, 0.5) is 0 Å². The Hall–Kier alpha value is -2.38. The van der Waals surface area contributed by atoms with Crippen molar-refractivity contribution in [3.05, 3.63) is 18.5 Å². The maximum absolute atomic E-state index is 12.0. The molecule has 8 nitrogen and oxygen atoms in total. The van der Waals surface area contributed by atoms with Gasteiger partial charge in [-0.3, -0.25) is 14.3 Å². The molecule has 0 aliphatic rings. The number of hydrogen-bond donors (Lipinski definition) is 2. The first-order valence-corrected chi connectivity index (χ1v) is 6.63. The van der Waals surface area contributed by atoms with Gasteiger partial charge in [-0.1, -0.05) is 0 Å². The molecule has 0 saturated carbocycles. The lowest BCUT2D eigenvalue weighted by Crippen LogP contribution is -2.44. The van der Waals surface area contributed by atoms with Gasteiger partial charge in [-0.25, -0.2) is 4.79 Å². The molecule has 21 heavy (non-hydrogen) atoms. The molecule has 8 heteroatoms. The highest BCUT2D eigenvalue weighted by Gasteiger charge is 2.24. The van der Waals surface area contributed by atoms with Crippen LogP contribution in [-0.4, -0.2) is 45.4 Å². The molecule has 1 aromatic heterocycles. The Labute approximate surface area is 122 Å². The van der Waals surface area contributed by atoms with Gasteiger partial charge < -0.3 is 15.2 Å². The molecule has 0 radical (unpaired) electrons. The van der Waals surface area contributed by atoms with Gasteiger partial charge in [0.2, 0.25) is 5.91 Å². The van der Waals surface area contributed by atoms with Crippen molar-refractivity contribution >= 4 is 17.8 Å². The number of aliphatic carboxylic acids is 1. The molecule has 2 N–H and O–H groups in total. The fourth-order valence-electron chi connectivity index (χ4n) is 1.67. The second-order valence-electron chi connectivity index (χ2n) is 4.41. The van der Waals surface area contributed by atoms with Gasteiger partial charge in [0.05, 0.1) is 6.61 Å². The van der Waals surface area contributed by atoms with Crippen LogP contribution in [0.3, 0.4) is 0 Å². The summed E-state index contributed by atoms with van der Waals surface area (Å²) in [4.78, 5) is 34.3. The Balaban J connectivity index is 2.55. The van der Waals surface area contributed by atoms with Crippen molar-refractivity contribution < 1.29 is 24.2 Å². The van der Waals surface area contributed by atoms with Crippen molar-refractivity contribution in [2.45, 2.75) is 38.8 Å². The Kier molecular flexibility index (Phi) is 6.38. The number of nitrogens with zero attached hydrogens (tertiary/aromatic N) is 2. The van der Waals surface area contributed by atoms with E-state index in [1.807, 2.05) is 0 Å². The first-order valence-electron chi connectivity index (χ1n) is 6.63. The number of amides is 1. The van der Waals surface area contributed by atoms with Gasteiger partial charge in [0, 0.05) is 18.8 Å². The molecular formula is C13H19N3O5. The zero-order valence-electron chi connectivity index (χ0n) is 12.0. The number of carbonyl (C=O) groups is 3. The SMILES string of the molecule is CCOC(=O)CC[C@H](NC(=O)C(C)n1cccn1)C(=O)O. The summed E-state index contributed by atoms with van der Waals surface area (Å²) < 4.78 is 6.14. The summed E-state index contributed by atoms with van der Waals surface area (Å²) in [6.45, 7) is 3.51. The molecular weight excluding hydrogens is 278 g/mol. The van der Waals surface area contributed by atoms with Gasteiger partial charge in [0.25, 0.3) is 0 Å². The van der Waals surface area contributed by atoms with Crippen LogP contribution in [0.25, 0.3) is 0 Å². The first-order chi connectivity index (χ1) is 9.95. The minimum atomic E-state index is -1.19. The zero-order valence-corrected chi connectivity index (χ0v) is 12.0. The Morgan fingerprint density at radius 1 is 1.43 bits per heavy atom. The van der Waals surface area contributed by atoms with Crippen LogP contribution < -0.4 is 5.32 Å². The maximum atomic E-state index is 12.0. The third-order valence-corrected chi connectivity index (χ3v) is 2.86. The number of esters is 1. The molecule has 1 amide bonds. The lowest BCUT2D eigenvalue weighted by molar-refractivity contribution is -0.145. The molecule has 0 aromatic carbocycles. The number of aromatic nitrogens is 2. The molecule has 0 saturated heterocycles. The molecule has 0 bridgehead atoms. The Morgan fingerprint density at radius 3 is 2.67 bits per heavy atom. The number of carbonyl (C=O) groups excluding carboxylic acids is 2. The van der Waals surface area contributed by atoms with Gasteiger partial charge in [-0.2, -0.15) is 5.10 Å². The maximum Gasteiger partial charge on any atom is 0.326 e. The first kappa shape index (κ1) is 16.7. The predicted molar refractivity (Wildman–Crippen MR) is 72.4 cm³/mol.